The van der Waals surface area contributed by atoms with Crippen molar-refractivity contribution < 1.29 is 0 Å². The number of H-pyrrole nitrogens is 2. The fraction of sp³-hybridized carbons (Fsp3) is 0.273. The van der Waals surface area contributed by atoms with Crippen molar-refractivity contribution in [2.24, 2.45) is 0 Å². The summed E-state index contributed by atoms with van der Waals surface area (Å²) in [6, 6.07) is 4.14. The van der Waals surface area contributed by atoms with Crippen molar-refractivity contribution >= 4 is 11.6 Å². The molecular formula is C11H14N4O. The second kappa shape index (κ2) is 3.84. The summed E-state index contributed by atoms with van der Waals surface area (Å²) in [6.45, 7) is 6.13. The maximum atomic E-state index is 10.9. The Labute approximate surface area is 92.9 Å². The van der Waals surface area contributed by atoms with E-state index in [4.69, 9.17) is 0 Å². The summed E-state index contributed by atoms with van der Waals surface area (Å²) in [5.41, 5.74) is 4.20. The first kappa shape index (κ1) is 10.5. The number of nitrogens with zero attached hydrogens (tertiary/aromatic N) is 1. The van der Waals surface area contributed by atoms with Crippen LogP contribution in [0.4, 0.5) is 11.6 Å². The van der Waals surface area contributed by atoms with Gasteiger partial charge in [0.15, 0.2) is 0 Å². The van der Waals surface area contributed by atoms with E-state index in [0.29, 0.717) is 5.95 Å². The van der Waals surface area contributed by atoms with Gasteiger partial charge >= 0.3 is 5.69 Å². The van der Waals surface area contributed by atoms with Gasteiger partial charge in [0.25, 0.3) is 0 Å². The molecule has 5 heteroatoms. The number of benzene rings is 1. The van der Waals surface area contributed by atoms with E-state index < -0.39 is 0 Å². The first-order chi connectivity index (χ1) is 7.56. The molecule has 0 bridgehead atoms. The Morgan fingerprint density at radius 2 is 1.81 bits per heavy atom. The number of nitrogens with one attached hydrogen (secondary N) is 3. The molecule has 0 fully saturated rings. The largest absolute Gasteiger partial charge is 0.342 e. The molecule has 0 aliphatic carbocycles. The van der Waals surface area contributed by atoms with E-state index >= 15 is 0 Å². The molecule has 0 aliphatic rings. The Balaban J connectivity index is 2.34. The molecule has 1 heterocycles. The zero-order valence-corrected chi connectivity index (χ0v) is 9.51. The predicted octanol–water partition coefficient (Wildman–Crippen LogP) is 1.77. The smallest absolute Gasteiger partial charge is 0.324 e. The Hall–Kier alpha value is -2.04. The first-order valence-electron chi connectivity index (χ1n) is 5.06. The van der Waals surface area contributed by atoms with E-state index in [9.17, 15) is 4.79 Å². The Kier molecular flexibility index (Phi) is 2.52. The van der Waals surface area contributed by atoms with Crippen molar-refractivity contribution in [1.82, 2.24) is 15.2 Å². The van der Waals surface area contributed by atoms with Crippen molar-refractivity contribution in [3.63, 3.8) is 0 Å². The molecular weight excluding hydrogens is 204 g/mol. The van der Waals surface area contributed by atoms with Crippen LogP contribution in [0.3, 0.4) is 0 Å². The summed E-state index contributed by atoms with van der Waals surface area (Å²) in [6.07, 6.45) is 0. The summed E-state index contributed by atoms with van der Waals surface area (Å²) >= 11 is 0. The number of aromatic nitrogens is 3. The molecule has 0 saturated heterocycles. The van der Waals surface area contributed by atoms with Crippen molar-refractivity contribution in [3.8, 4) is 0 Å². The number of anilines is 2. The monoisotopic (exact) mass is 218 g/mol. The second-order valence-corrected chi connectivity index (χ2v) is 3.90. The molecule has 3 N–H and O–H groups in total. The number of rotatable bonds is 2. The normalized spacial score (nSPS) is 10.4. The lowest BCUT2D eigenvalue weighted by atomic mass is 10.1. The van der Waals surface area contributed by atoms with Gasteiger partial charge in [0.05, 0.1) is 0 Å². The van der Waals surface area contributed by atoms with Crippen molar-refractivity contribution in [2.45, 2.75) is 20.8 Å². The van der Waals surface area contributed by atoms with E-state index in [1.54, 1.807) is 0 Å². The third-order valence-electron chi connectivity index (χ3n) is 2.59. The van der Waals surface area contributed by atoms with E-state index in [1.165, 1.54) is 11.1 Å². The number of aryl methyl sites for hydroxylation is 3. The standard InChI is InChI=1S/C11H14N4O/c1-6-4-8(3)9(5-7(6)2)12-10-13-11(16)15-14-10/h4-5H,1-3H3,(H3,12,13,14,15,16). The molecule has 5 nitrogen and oxygen atoms in total. The Bertz CT molecular complexity index is 568. The topological polar surface area (TPSA) is 73.6 Å². The summed E-state index contributed by atoms with van der Waals surface area (Å²) in [5.74, 6) is 0.427. The van der Waals surface area contributed by atoms with Crippen LogP contribution in [0.5, 0.6) is 0 Å². The third-order valence-corrected chi connectivity index (χ3v) is 2.59. The number of hydrogen-bond donors (Lipinski definition) is 3. The van der Waals surface area contributed by atoms with Crippen LogP contribution in [0.25, 0.3) is 0 Å². The van der Waals surface area contributed by atoms with Crippen LogP contribution in [0.2, 0.25) is 0 Å². The summed E-state index contributed by atoms with van der Waals surface area (Å²) in [5, 5.41) is 9.17. The van der Waals surface area contributed by atoms with Gasteiger partial charge in [-0.25, -0.2) is 9.89 Å². The quantitative estimate of drug-likeness (QED) is 0.719. The van der Waals surface area contributed by atoms with Crippen LogP contribution in [0, 0.1) is 20.8 Å². The average Bonchev–Trinajstić information content (AvgIpc) is 2.60. The summed E-state index contributed by atoms with van der Waals surface area (Å²) in [7, 11) is 0. The minimum absolute atomic E-state index is 0.316. The zero-order valence-electron chi connectivity index (χ0n) is 9.51. The van der Waals surface area contributed by atoms with Gasteiger partial charge in [-0.2, -0.15) is 0 Å². The van der Waals surface area contributed by atoms with Gasteiger partial charge in [0.2, 0.25) is 5.95 Å². The molecule has 1 aromatic heterocycles. The molecule has 84 valence electrons. The molecule has 0 amide bonds. The third kappa shape index (κ3) is 1.98. The molecule has 0 aliphatic heterocycles. The van der Waals surface area contributed by atoms with Crippen molar-refractivity contribution in [3.05, 3.63) is 39.3 Å². The molecule has 0 unspecified atom stereocenters. The Morgan fingerprint density at radius 3 is 2.44 bits per heavy atom. The highest BCUT2D eigenvalue weighted by Crippen LogP contribution is 2.21. The van der Waals surface area contributed by atoms with Gasteiger partial charge in [0.1, 0.15) is 0 Å². The number of aromatic amines is 2. The van der Waals surface area contributed by atoms with Crippen LogP contribution in [0.1, 0.15) is 16.7 Å². The van der Waals surface area contributed by atoms with Crippen LogP contribution in [0.15, 0.2) is 16.9 Å². The molecule has 0 saturated carbocycles. The van der Waals surface area contributed by atoms with Gasteiger partial charge in [-0.15, -0.1) is 5.10 Å². The van der Waals surface area contributed by atoms with E-state index in [1.807, 2.05) is 19.9 Å². The number of hydrogen-bond acceptors (Lipinski definition) is 3. The zero-order chi connectivity index (χ0) is 11.7. The van der Waals surface area contributed by atoms with Gasteiger partial charge in [0, 0.05) is 5.69 Å². The first-order valence-corrected chi connectivity index (χ1v) is 5.06. The van der Waals surface area contributed by atoms with E-state index in [2.05, 4.69) is 33.5 Å². The summed E-state index contributed by atoms with van der Waals surface area (Å²) in [4.78, 5) is 13.4. The molecule has 2 aromatic rings. The highest BCUT2D eigenvalue weighted by Gasteiger charge is 2.04. The maximum Gasteiger partial charge on any atom is 0.342 e. The van der Waals surface area contributed by atoms with Crippen LogP contribution >= 0.6 is 0 Å². The van der Waals surface area contributed by atoms with Gasteiger partial charge in [-0.1, -0.05) is 6.07 Å². The minimum atomic E-state index is -0.316. The lowest BCUT2D eigenvalue weighted by Crippen LogP contribution is -2.02. The molecule has 0 atom stereocenters. The van der Waals surface area contributed by atoms with E-state index in [0.717, 1.165) is 11.3 Å². The van der Waals surface area contributed by atoms with Gasteiger partial charge in [-0.3, -0.25) is 4.98 Å². The fourth-order valence-electron chi connectivity index (χ4n) is 1.55. The maximum absolute atomic E-state index is 10.9. The fourth-order valence-corrected chi connectivity index (χ4v) is 1.55. The summed E-state index contributed by atoms with van der Waals surface area (Å²) < 4.78 is 0. The van der Waals surface area contributed by atoms with E-state index in [-0.39, 0.29) is 5.69 Å². The second-order valence-electron chi connectivity index (χ2n) is 3.90. The van der Waals surface area contributed by atoms with Crippen LogP contribution < -0.4 is 11.0 Å². The van der Waals surface area contributed by atoms with Gasteiger partial charge < -0.3 is 5.32 Å². The highest BCUT2D eigenvalue weighted by atomic mass is 16.1. The van der Waals surface area contributed by atoms with Crippen molar-refractivity contribution in [2.75, 3.05) is 5.32 Å². The van der Waals surface area contributed by atoms with Crippen molar-refractivity contribution in [1.29, 1.82) is 0 Å². The molecule has 2 rings (SSSR count). The molecule has 0 radical (unpaired) electrons. The highest BCUT2D eigenvalue weighted by molar-refractivity contribution is 5.60. The molecule has 16 heavy (non-hydrogen) atoms. The average molecular weight is 218 g/mol. The lowest BCUT2D eigenvalue weighted by Gasteiger charge is -2.09. The Morgan fingerprint density at radius 1 is 1.12 bits per heavy atom. The predicted molar refractivity (Wildman–Crippen MR) is 63.1 cm³/mol. The lowest BCUT2D eigenvalue weighted by molar-refractivity contribution is 1.05. The SMILES string of the molecule is Cc1cc(C)c(Nc2n[nH]c(=O)[nH]2)cc1C. The van der Waals surface area contributed by atoms with Crippen LogP contribution in [-0.4, -0.2) is 15.2 Å². The minimum Gasteiger partial charge on any atom is -0.324 e. The van der Waals surface area contributed by atoms with Gasteiger partial charge in [-0.05, 0) is 43.5 Å². The molecule has 1 aromatic carbocycles. The van der Waals surface area contributed by atoms with Crippen LogP contribution in [-0.2, 0) is 0 Å². The molecule has 0 spiro atoms.